The zero-order valence-electron chi connectivity index (χ0n) is 22.5. The summed E-state index contributed by atoms with van der Waals surface area (Å²) in [5.74, 6) is 0.962. The highest BCUT2D eigenvalue weighted by Crippen LogP contribution is 2.28. The third-order valence-corrected chi connectivity index (χ3v) is 6.97. The molecule has 14 heteroatoms. The summed E-state index contributed by atoms with van der Waals surface area (Å²) >= 11 is 0. The van der Waals surface area contributed by atoms with Crippen LogP contribution < -0.4 is 15.5 Å². The number of aromatic nitrogens is 6. The SMILES string of the molecule is FC(F)c1nc2ccccc2n1-c1nc(Nc2ccc(NCCCN3CCOCC3)nc2)nc(N2CCOCC2)n1. The molecule has 0 radical (unpaired) electrons. The Balaban J connectivity index is 1.22. The van der Waals surface area contributed by atoms with Gasteiger partial charge >= 0.3 is 0 Å². The Morgan fingerprint density at radius 2 is 1.61 bits per heavy atom. The summed E-state index contributed by atoms with van der Waals surface area (Å²) in [6.45, 7) is 7.56. The molecule has 2 saturated heterocycles. The van der Waals surface area contributed by atoms with E-state index in [4.69, 9.17) is 9.47 Å². The van der Waals surface area contributed by atoms with Crippen molar-refractivity contribution in [3.63, 3.8) is 0 Å². The Morgan fingerprint density at radius 3 is 2.37 bits per heavy atom. The van der Waals surface area contributed by atoms with Gasteiger partial charge in [-0.15, -0.1) is 0 Å². The number of nitrogens with zero attached hydrogens (tertiary/aromatic N) is 8. The summed E-state index contributed by atoms with van der Waals surface area (Å²) in [5.41, 5.74) is 1.57. The number of rotatable bonds is 10. The number of alkyl halides is 2. The van der Waals surface area contributed by atoms with E-state index >= 15 is 0 Å². The molecule has 2 aliphatic rings. The minimum atomic E-state index is -2.82. The molecule has 2 fully saturated rings. The largest absolute Gasteiger partial charge is 0.379 e. The summed E-state index contributed by atoms with van der Waals surface area (Å²) in [5, 5.41) is 6.52. The Hall–Kier alpha value is -4.01. The summed E-state index contributed by atoms with van der Waals surface area (Å²) in [6.07, 6.45) is -0.136. The van der Waals surface area contributed by atoms with Crippen LogP contribution >= 0.6 is 0 Å². The van der Waals surface area contributed by atoms with E-state index in [2.05, 4.69) is 40.5 Å². The van der Waals surface area contributed by atoms with Gasteiger partial charge in [-0.25, -0.2) is 18.7 Å². The van der Waals surface area contributed by atoms with E-state index in [0.29, 0.717) is 49.0 Å². The normalized spacial score (nSPS) is 16.4. The number of morpholine rings is 2. The van der Waals surface area contributed by atoms with Gasteiger partial charge in [0.2, 0.25) is 17.8 Å². The van der Waals surface area contributed by atoms with Crippen LogP contribution in [0.4, 0.5) is 32.2 Å². The van der Waals surface area contributed by atoms with Crippen molar-refractivity contribution in [1.82, 2.24) is 34.4 Å². The predicted molar refractivity (Wildman–Crippen MR) is 150 cm³/mol. The van der Waals surface area contributed by atoms with Crippen LogP contribution in [0.5, 0.6) is 0 Å². The smallest absolute Gasteiger partial charge is 0.296 e. The van der Waals surface area contributed by atoms with Crippen molar-refractivity contribution in [1.29, 1.82) is 0 Å². The molecule has 2 N–H and O–H groups in total. The Labute approximate surface area is 235 Å². The van der Waals surface area contributed by atoms with Crippen molar-refractivity contribution in [3.05, 3.63) is 48.4 Å². The second-order valence-electron chi connectivity index (χ2n) is 9.74. The quantitative estimate of drug-likeness (QED) is 0.275. The van der Waals surface area contributed by atoms with E-state index < -0.39 is 12.2 Å². The topological polar surface area (TPSA) is 118 Å². The number of ether oxygens (including phenoxy) is 2. The van der Waals surface area contributed by atoms with Gasteiger partial charge in [0.25, 0.3) is 6.43 Å². The zero-order chi connectivity index (χ0) is 28.0. The van der Waals surface area contributed by atoms with E-state index in [-0.39, 0.29) is 11.9 Å². The molecule has 1 aromatic carbocycles. The molecule has 2 aliphatic heterocycles. The molecule has 6 rings (SSSR count). The number of nitrogens with one attached hydrogen (secondary N) is 2. The Bertz CT molecular complexity index is 1440. The number of pyridine rings is 1. The third-order valence-electron chi connectivity index (χ3n) is 6.97. The maximum absolute atomic E-state index is 14.1. The number of hydrogen-bond donors (Lipinski definition) is 2. The van der Waals surface area contributed by atoms with E-state index in [1.54, 1.807) is 30.5 Å². The maximum atomic E-state index is 14.1. The fourth-order valence-electron chi connectivity index (χ4n) is 4.86. The summed E-state index contributed by atoms with van der Waals surface area (Å²) in [7, 11) is 0. The first-order chi connectivity index (χ1) is 20.1. The summed E-state index contributed by atoms with van der Waals surface area (Å²) in [6, 6.07) is 10.7. The lowest BCUT2D eigenvalue weighted by Gasteiger charge is -2.27. The lowest BCUT2D eigenvalue weighted by molar-refractivity contribution is 0.0378. The molecule has 41 heavy (non-hydrogen) atoms. The molecule has 0 aliphatic carbocycles. The van der Waals surface area contributed by atoms with Crippen LogP contribution in [0.1, 0.15) is 18.7 Å². The van der Waals surface area contributed by atoms with Crippen molar-refractivity contribution < 1.29 is 18.3 Å². The highest BCUT2D eigenvalue weighted by molar-refractivity contribution is 5.77. The maximum Gasteiger partial charge on any atom is 0.296 e. The van der Waals surface area contributed by atoms with Crippen LogP contribution in [-0.4, -0.2) is 100 Å². The van der Waals surface area contributed by atoms with Gasteiger partial charge in [-0.3, -0.25) is 9.47 Å². The monoisotopic (exact) mass is 566 g/mol. The van der Waals surface area contributed by atoms with Gasteiger partial charge in [-0.1, -0.05) is 12.1 Å². The van der Waals surface area contributed by atoms with Crippen molar-refractivity contribution >= 4 is 34.4 Å². The molecule has 0 unspecified atom stereocenters. The predicted octanol–water partition coefficient (Wildman–Crippen LogP) is 3.26. The molecule has 4 aromatic rings. The first kappa shape index (κ1) is 27.2. The number of benzene rings is 1. The van der Waals surface area contributed by atoms with Crippen molar-refractivity contribution in [2.45, 2.75) is 12.8 Å². The molecule has 0 bridgehead atoms. The third kappa shape index (κ3) is 6.50. The Kier molecular flexibility index (Phi) is 8.39. The molecule has 216 valence electrons. The molecular weight excluding hydrogens is 534 g/mol. The van der Waals surface area contributed by atoms with Gasteiger partial charge in [-0.2, -0.15) is 15.0 Å². The van der Waals surface area contributed by atoms with E-state index in [1.165, 1.54) is 4.57 Å². The Morgan fingerprint density at radius 1 is 0.854 bits per heavy atom. The van der Waals surface area contributed by atoms with E-state index in [0.717, 1.165) is 51.6 Å². The van der Waals surface area contributed by atoms with Crippen molar-refractivity contribution in [2.24, 2.45) is 0 Å². The van der Waals surface area contributed by atoms with Gasteiger partial charge in [-0.05, 0) is 37.2 Å². The van der Waals surface area contributed by atoms with Crippen LogP contribution in [0.15, 0.2) is 42.6 Å². The number of hydrogen-bond acceptors (Lipinski definition) is 11. The molecule has 0 spiro atoms. The standard InChI is InChI=1S/C27H32F2N10O2/c28-23(29)24-33-20-4-1-2-5-21(20)39(24)27-35-25(34-26(36-27)38-12-16-41-17-13-38)32-19-6-7-22(31-18-19)30-8-3-9-37-10-14-40-15-11-37/h1-2,4-7,18,23H,3,8-17H2,(H,30,31)(H,32,34,35,36). The summed E-state index contributed by atoms with van der Waals surface area (Å²) in [4.78, 5) is 26.7. The first-order valence-electron chi connectivity index (χ1n) is 13.8. The number of anilines is 4. The van der Waals surface area contributed by atoms with Gasteiger partial charge in [0.05, 0.1) is 49.3 Å². The molecule has 3 aromatic heterocycles. The number of halogens is 2. The molecule has 0 atom stereocenters. The molecule has 5 heterocycles. The minimum absolute atomic E-state index is 0.0551. The van der Waals surface area contributed by atoms with Crippen LogP contribution in [0.25, 0.3) is 17.0 Å². The van der Waals surface area contributed by atoms with E-state index in [1.807, 2.05) is 17.0 Å². The number of imidazole rings is 1. The lowest BCUT2D eigenvalue weighted by Crippen LogP contribution is -2.37. The van der Waals surface area contributed by atoms with E-state index in [9.17, 15) is 8.78 Å². The average molecular weight is 567 g/mol. The molecular formula is C27H32F2N10O2. The second-order valence-corrected chi connectivity index (χ2v) is 9.74. The van der Waals surface area contributed by atoms with Crippen molar-refractivity contribution in [2.75, 3.05) is 81.2 Å². The van der Waals surface area contributed by atoms with Crippen LogP contribution in [-0.2, 0) is 9.47 Å². The van der Waals surface area contributed by atoms with Crippen LogP contribution in [0, 0.1) is 0 Å². The average Bonchev–Trinajstić information content (AvgIpc) is 3.41. The lowest BCUT2D eigenvalue weighted by atomic mass is 10.3. The highest BCUT2D eigenvalue weighted by Gasteiger charge is 2.24. The van der Waals surface area contributed by atoms with Crippen LogP contribution in [0.3, 0.4) is 0 Å². The fourth-order valence-corrected chi connectivity index (χ4v) is 4.86. The number of para-hydroxylation sites is 2. The number of fused-ring (bicyclic) bond motifs is 1. The zero-order valence-corrected chi connectivity index (χ0v) is 22.5. The highest BCUT2D eigenvalue weighted by atomic mass is 19.3. The summed E-state index contributed by atoms with van der Waals surface area (Å²) < 4.78 is 40.3. The first-order valence-corrected chi connectivity index (χ1v) is 13.8. The van der Waals surface area contributed by atoms with Crippen LogP contribution in [0.2, 0.25) is 0 Å². The second kappa shape index (κ2) is 12.7. The van der Waals surface area contributed by atoms with Gasteiger partial charge in [0.15, 0.2) is 5.82 Å². The van der Waals surface area contributed by atoms with Gasteiger partial charge in [0.1, 0.15) is 5.82 Å². The van der Waals surface area contributed by atoms with Crippen molar-refractivity contribution in [3.8, 4) is 5.95 Å². The minimum Gasteiger partial charge on any atom is -0.379 e. The molecule has 12 nitrogen and oxygen atoms in total. The molecule has 0 amide bonds. The fraction of sp³-hybridized carbons (Fsp3) is 0.444. The van der Waals surface area contributed by atoms with Gasteiger partial charge in [0, 0.05) is 32.7 Å². The van der Waals surface area contributed by atoms with Gasteiger partial charge < -0.3 is 25.0 Å². The molecule has 0 saturated carbocycles.